The van der Waals surface area contributed by atoms with Gasteiger partial charge in [0.15, 0.2) is 0 Å². The molecule has 1 fully saturated rings. The summed E-state index contributed by atoms with van der Waals surface area (Å²) in [7, 11) is -3.51. The standard InChI is InChI=1S/C15H17ClN2O3S2/c16-14-5-6-15(22-14)23(19,20)17-11-12-1-3-13(4-2-12)18-7-9-21-10-8-18/h1-6,17H,7-11H2. The quantitative estimate of drug-likeness (QED) is 0.876. The minimum atomic E-state index is -3.51. The molecule has 1 N–H and O–H groups in total. The topological polar surface area (TPSA) is 58.6 Å². The lowest BCUT2D eigenvalue weighted by Gasteiger charge is -2.28. The Balaban J connectivity index is 1.62. The van der Waals surface area contributed by atoms with E-state index in [1.54, 1.807) is 6.07 Å². The molecule has 0 aliphatic carbocycles. The van der Waals surface area contributed by atoms with Crippen LogP contribution in [0.4, 0.5) is 5.69 Å². The molecule has 0 amide bonds. The van der Waals surface area contributed by atoms with Crippen molar-refractivity contribution in [3.63, 3.8) is 0 Å². The molecule has 1 aliphatic heterocycles. The van der Waals surface area contributed by atoms with E-state index in [9.17, 15) is 8.42 Å². The zero-order valence-electron chi connectivity index (χ0n) is 12.4. The predicted molar refractivity (Wildman–Crippen MR) is 92.8 cm³/mol. The van der Waals surface area contributed by atoms with Gasteiger partial charge in [0, 0.05) is 25.3 Å². The van der Waals surface area contributed by atoms with Gasteiger partial charge in [-0.1, -0.05) is 23.7 Å². The minimum absolute atomic E-state index is 0.229. The molecule has 0 atom stereocenters. The van der Waals surface area contributed by atoms with E-state index in [0.717, 1.165) is 48.9 Å². The number of hydrogen-bond donors (Lipinski definition) is 1. The smallest absolute Gasteiger partial charge is 0.250 e. The van der Waals surface area contributed by atoms with Crippen molar-refractivity contribution < 1.29 is 13.2 Å². The number of morpholine rings is 1. The number of nitrogens with one attached hydrogen (secondary N) is 1. The van der Waals surface area contributed by atoms with Crippen LogP contribution in [0.5, 0.6) is 0 Å². The van der Waals surface area contributed by atoms with Gasteiger partial charge in [0.1, 0.15) is 4.21 Å². The van der Waals surface area contributed by atoms with E-state index in [4.69, 9.17) is 16.3 Å². The monoisotopic (exact) mass is 372 g/mol. The van der Waals surface area contributed by atoms with E-state index < -0.39 is 10.0 Å². The van der Waals surface area contributed by atoms with Crippen molar-refractivity contribution in [1.29, 1.82) is 0 Å². The number of halogens is 1. The van der Waals surface area contributed by atoms with Crippen LogP contribution in [0.25, 0.3) is 0 Å². The molecule has 2 aromatic rings. The maximum atomic E-state index is 12.2. The Labute approximate surface area is 144 Å². The molecule has 5 nitrogen and oxygen atoms in total. The molecule has 1 aromatic heterocycles. The molecule has 2 heterocycles. The Morgan fingerprint density at radius 3 is 2.43 bits per heavy atom. The van der Waals surface area contributed by atoms with E-state index in [-0.39, 0.29) is 10.8 Å². The highest BCUT2D eigenvalue weighted by atomic mass is 35.5. The van der Waals surface area contributed by atoms with Gasteiger partial charge in [0.25, 0.3) is 0 Å². The minimum Gasteiger partial charge on any atom is -0.378 e. The van der Waals surface area contributed by atoms with E-state index >= 15 is 0 Å². The Bertz CT molecular complexity index is 753. The Morgan fingerprint density at radius 1 is 1.13 bits per heavy atom. The molecule has 0 unspecified atom stereocenters. The van der Waals surface area contributed by atoms with Crippen LogP contribution in [-0.2, 0) is 21.3 Å². The van der Waals surface area contributed by atoms with Crippen molar-refractivity contribution in [3.05, 3.63) is 46.3 Å². The molecule has 0 radical (unpaired) electrons. The summed E-state index contributed by atoms with van der Waals surface area (Å²) in [5.41, 5.74) is 2.04. The second kappa shape index (κ2) is 7.19. The van der Waals surface area contributed by atoms with Crippen molar-refractivity contribution in [2.75, 3.05) is 31.2 Å². The summed E-state index contributed by atoms with van der Waals surface area (Å²) in [6, 6.07) is 11.0. The molecular formula is C15H17ClN2O3S2. The number of nitrogens with zero attached hydrogens (tertiary/aromatic N) is 1. The lowest BCUT2D eigenvalue weighted by atomic mass is 10.2. The second-order valence-electron chi connectivity index (χ2n) is 5.15. The molecule has 124 valence electrons. The van der Waals surface area contributed by atoms with Gasteiger partial charge in [-0.3, -0.25) is 0 Å². The first-order valence-electron chi connectivity index (χ1n) is 7.21. The Hall–Kier alpha value is -1.12. The SMILES string of the molecule is O=S(=O)(NCc1ccc(N2CCOCC2)cc1)c1ccc(Cl)s1. The highest BCUT2D eigenvalue weighted by molar-refractivity contribution is 7.91. The zero-order valence-corrected chi connectivity index (χ0v) is 14.8. The first-order chi connectivity index (χ1) is 11.0. The van der Waals surface area contributed by atoms with Gasteiger partial charge in [-0.2, -0.15) is 0 Å². The normalized spacial score (nSPS) is 15.8. The van der Waals surface area contributed by atoms with Gasteiger partial charge >= 0.3 is 0 Å². The number of benzene rings is 1. The summed E-state index contributed by atoms with van der Waals surface area (Å²) in [4.78, 5) is 2.26. The van der Waals surface area contributed by atoms with Gasteiger partial charge < -0.3 is 9.64 Å². The summed E-state index contributed by atoms with van der Waals surface area (Å²) >= 11 is 6.84. The summed E-state index contributed by atoms with van der Waals surface area (Å²) in [5.74, 6) is 0. The Morgan fingerprint density at radius 2 is 1.83 bits per heavy atom. The third-order valence-corrected chi connectivity index (χ3v) is 6.72. The average molecular weight is 373 g/mol. The molecule has 8 heteroatoms. The van der Waals surface area contributed by atoms with Crippen molar-refractivity contribution in [3.8, 4) is 0 Å². The lowest BCUT2D eigenvalue weighted by Crippen LogP contribution is -2.36. The Kier molecular flexibility index (Phi) is 5.23. The molecule has 0 saturated carbocycles. The van der Waals surface area contributed by atoms with Crippen LogP contribution >= 0.6 is 22.9 Å². The van der Waals surface area contributed by atoms with Gasteiger partial charge in [-0.15, -0.1) is 11.3 Å². The van der Waals surface area contributed by atoms with Gasteiger partial charge in [-0.25, -0.2) is 13.1 Å². The van der Waals surface area contributed by atoms with Crippen LogP contribution in [0.2, 0.25) is 4.34 Å². The molecule has 3 rings (SSSR count). The highest BCUT2D eigenvalue weighted by Crippen LogP contribution is 2.25. The molecule has 1 aliphatic rings. The van der Waals surface area contributed by atoms with Crippen molar-refractivity contribution in [1.82, 2.24) is 4.72 Å². The fourth-order valence-corrected chi connectivity index (χ4v) is 4.88. The lowest BCUT2D eigenvalue weighted by molar-refractivity contribution is 0.122. The molecule has 0 bridgehead atoms. The van der Waals surface area contributed by atoms with Crippen molar-refractivity contribution >= 4 is 38.6 Å². The molecule has 23 heavy (non-hydrogen) atoms. The van der Waals surface area contributed by atoms with E-state index in [2.05, 4.69) is 9.62 Å². The van der Waals surface area contributed by atoms with Crippen molar-refractivity contribution in [2.45, 2.75) is 10.8 Å². The van der Waals surface area contributed by atoms with Gasteiger partial charge in [0.2, 0.25) is 10.0 Å². The van der Waals surface area contributed by atoms with Gasteiger partial charge in [0.05, 0.1) is 17.6 Å². The largest absolute Gasteiger partial charge is 0.378 e. The van der Waals surface area contributed by atoms with Crippen LogP contribution in [0.1, 0.15) is 5.56 Å². The average Bonchev–Trinajstić information content (AvgIpc) is 3.02. The highest BCUT2D eigenvalue weighted by Gasteiger charge is 2.16. The van der Waals surface area contributed by atoms with E-state index in [1.165, 1.54) is 6.07 Å². The number of ether oxygens (including phenoxy) is 1. The first-order valence-corrected chi connectivity index (χ1v) is 9.89. The number of anilines is 1. The fourth-order valence-electron chi connectivity index (χ4n) is 2.34. The maximum absolute atomic E-state index is 12.2. The predicted octanol–water partition coefficient (Wildman–Crippen LogP) is 2.72. The molecule has 0 spiro atoms. The van der Waals surface area contributed by atoms with Crippen LogP contribution in [-0.4, -0.2) is 34.7 Å². The molecular weight excluding hydrogens is 356 g/mol. The maximum Gasteiger partial charge on any atom is 0.250 e. The fraction of sp³-hybridized carbons (Fsp3) is 0.333. The van der Waals surface area contributed by atoms with Gasteiger partial charge in [-0.05, 0) is 29.8 Å². The number of thiophene rings is 1. The number of rotatable bonds is 5. The third kappa shape index (κ3) is 4.24. The van der Waals surface area contributed by atoms with E-state index in [0.29, 0.717) is 4.34 Å². The molecule has 1 saturated heterocycles. The summed E-state index contributed by atoms with van der Waals surface area (Å²) in [5, 5.41) is 0. The summed E-state index contributed by atoms with van der Waals surface area (Å²) in [6.07, 6.45) is 0. The van der Waals surface area contributed by atoms with Crippen molar-refractivity contribution in [2.24, 2.45) is 0 Å². The third-order valence-electron chi connectivity index (χ3n) is 3.59. The van der Waals surface area contributed by atoms with Crippen LogP contribution in [0.15, 0.2) is 40.6 Å². The second-order valence-corrected chi connectivity index (χ2v) is 8.86. The summed E-state index contributed by atoms with van der Waals surface area (Å²) < 4.78 is 32.9. The zero-order chi connectivity index (χ0) is 16.3. The first kappa shape index (κ1) is 16.7. The van der Waals surface area contributed by atoms with E-state index in [1.807, 2.05) is 24.3 Å². The van der Waals surface area contributed by atoms with Crippen LogP contribution in [0.3, 0.4) is 0 Å². The summed E-state index contributed by atoms with van der Waals surface area (Å²) in [6.45, 7) is 3.49. The molecule has 1 aromatic carbocycles. The number of sulfonamides is 1. The van der Waals surface area contributed by atoms with Crippen LogP contribution in [0, 0.1) is 0 Å². The number of hydrogen-bond acceptors (Lipinski definition) is 5. The van der Waals surface area contributed by atoms with Crippen LogP contribution < -0.4 is 9.62 Å².